The molecule has 1 aromatic rings. The zero-order valence-corrected chi connectivity index (χ0v) is 8.57. The summed E-state index contributed by atoms with van der Waals surface area (Å²) in [4.78, 5) is 0. The number of nitrogens with one attached hydrogen (secondary N) is 1. The molecule has 0 aromatic heterocycles. The topological polar surface area (TPSA) is 21.3 Å². The van der Waals surface area contributed by atoms with Crippen LogP contribution < -0.4 is 10.1 Å². The largest absolute Gasteiger partial charge is 0.492 e. The Kier molecular flexibility index (Phi) is 2.61. The summed E-state index contributed by atoms with van der Waals surface area (Å²) in [5, 5.41) is 3.47. The molecule has 1 aromatic carbocycles. The van der Waals surface area contributed by atoms with Crippen LogP contribution in [0.5, 0.6) is 5.75 Å². The second-order valence-electron chi connectivity index (χ2n) is 3.37. The van der Waals surface area contributed by atoms with Gasteiger partial charge < -0.3 is 10.1 Å². The number of benzene rings is 1. The lowest BCUT2D eigenvalue weighted by molar-refractivity contribution is 0.384. The maximum atomic E-state index is 13.4. The average Bonchev–Trinajstić information content (AvgIpc) is 2.00. The molecule has 0 unspecified atom stereocenters. The molecule has 1 saturated heterocycles. The highest BCUT2D eigenvalue weighted by Crippen LogP contribution is 2.32. The number of hydrogen-bond donors (Lipinski definition) is 1. The smallest absolute Gasteiger partial charge is 0.173 e. The molecular formula is C10H11ClFNO. The van der Waals surface area contributed by atoms with Crippen LogP contribution >= 0.6 is 11.6 Å². The SMILES string of the molecule is COc1c(F)cc(C2CNC2)cc1Cl. The molecule has 2 nitrogen and oxygen atoms in total. The minimum atomic E-state index is -0.387. The van der Waals surface area contributed by atoms with Crippen LogP contribution in [0.1, 0.15) is 11.5 Å². The Morgan fingerprint density at radius 3 is 2.64 bits per heavy atom. The molecule has 0 amide bonds. The van der Waals surface area contributed by atoms with E-state index in [1.54, 1.807) is 6.07 Å². The lowest BCUT2D eigenvalue weighted by Crippen LogP contribution is -2.39. The van der Waals surface area contributed by atoms with Crippen LogP contribution in [-0.2, 0) is 0 Å². The van der Waals surface area contributed by atoms with Crippen LogP contribution in [0, 0.1) is 5.82 Å². The van der Waals surface area contributed by atoms with E-state index in [1.165, 1.54) is 13.2 Å². The van der Waals surface area contributed by atoms with Crippen LogP contribution in [-0.4, -0.2) is 20.2 Å². The third-order valence-electron chi connectivity index (χ3n) is 2.48. The molecule has 14 heavy (non-hydrogen) atoms. The zero-order valence-electron chi connectivity index (χ0n) is 7.81. The first-order valence-electron chi connectivity index (χ1n) is 4.46. The van der Waals surface area contributed by atoms with E-state index in [0.717, 1.165) is 18.7 Å². The molecule has 0 aliphatic carbocycles. The number of rotatable bonds is 2. The second-order valence-corrected chi connectivity index (χ2v) is 3.78. The molecule has 0 atom stereocenters. The first-order valence-corrected chi connectivity index (χ1v) is 4.84. The highest BCUT2D eigenvalue weighted by Gasteiger charge is 2.21. The Morgan fingerprint density at radius 1 is 1.50 bits per heavy atom. The van der Waals surface area contributed by atoms with Crippen molar-refractivity contribution in [3.8, 4) is 5.75 Å². The van der Waals surface area contributed by atoms with Gasteiger partial charge in [0.1, 0.15) is 0 Å². The van der Waals surface area contributed by atoms with Crippen LogP contribution in [0.15, 0.2) is 12.1 Å². The van der Waals surface area contributed by atoms with E-state index >= 15 is 0 Å². The number of ether oxygens (including phenoxy) is 1. The Labute approximate surface area is 87.0 Å². The normalized spacial score (nSPS) is 16.5. The Bertz CT molecular complexity index is 329. The summed E-state index contributed by atoms with van der Waals surface area (Å²) >= 11 is 5.87. The number of hydrogen-bond acceptors (Lipinski definition) is 2. The third-order valence-corrected chi connectivity index (χ3v) is 2.76. The highest BCUT2D eigenvalue weighted by molar-refractivity contribution is 6.32. The Hall–Kier alpha value is -0.800. The van der Waals surface area contributed by atoms with Crippen molar-refractivity contribution in [2.45, 2.75) is 5.92 Å². The molecule has 1 heterocycles. The van der Waals surface area contributed by atoms with Crippen molar-refractivity contribution in [1.82, 2.24) is 5.32 Å². The summed E-state index contributed by atoms with van der Waals surface area (Å²) < 4.78 is 18.2. The minimum Gasteiger partial charge on any atom is -0.492 e. The molecule has 1 aliphatic heterocycles. The van der Waals surface area contributed by atoms with Crippen LogP contribution in [0.3, 0.4) is 0 Å². The summed E-state index contributed by atoms with van der Waals surface area (Å²) in [6.45, 7) is 1.78. The predicted octanol–water partition coefficient (Wildman–Crippen LogP) is 2.17. The first kappa shape index (κ1) is 9.74. The van der Waals surface area contributed by atoms with Gasteiger partial charge in [0.05, 0.1) is 12.1 Å². The van der Waals surface area contributed by atoms with E-state index < -0.39 is 0 Å². The molecule has 0 saturated carbocycles. The molecule has 1 N–H and O–H groups in total. The summed E-state index contributed by atoms with van der Waals surface area (Å²) in [5.41, 5.74) is 0.937. The fraction of sp³-hybridized carbons (Fsp3) is 0.400. The lowest BCUT2D eigenvalue weighted by atomic mass is 9.94. The van der Waals surface area contributed by atoms with E-state index in [0.29, 0.717) is 10.9 Å². The summed E-state index contributed by atoms with van der Waals surface area (Å²) in [7, 11) is 1.41. The number of methoxy groups -OCH3 is 1. The van der Waals surface area contributed by atoms with Crippen molar-refractivity contribution in [3.63, 3.8) is 0 Å². The molecule has 76 valence electrons. The van der Waals surface area contributed by atoms with Crippen LogP contribution in [0.25, 0.3) is 0 Å². The molecule has 1 aliphatic rings. The molecule has 0 radical (unpaired) electrons. The van der Waals surface area contributed by atoms with Crippen LogP contribution in [0.4, 0.5) is 4.39 Å². The minimum absolute atomic E-state index is 0.127. The second kappa shape index (κ2) is 3.75. The van der Waals surface area contributed by atoms with E-state index in [-0.39, 0.29) is 11.6 Å². The van der Waals surface area contributed by atoms with Gasteiger partial charge in [0.15, 0.2) is 11.6 Å². The van der Waals surface area contributed by atoms with Gasteiger partial charge in [-0.3, -0.25) is 0 Å². The van der Waals surface area contributed by atoms with Gasteiger partial charge in [-0.1, -0.05) is 11.6 Å². The highest BCUT2D eigenvalue weighted by atomic mass is 35.5. The lowest BCUT2D eigenvalue weighted by Gasteiger charge is -2.27. The maximum absolute atomic E-state index is 13.4. The third kappa shape index (κ3) is 1.57. The van der Waals surface area contributed by atoms with Crippen molar-refractivity contribution in [2.24, 2.45) is 0 Å². The summed E-state index contributed by atoms with van der Waals surface area (Å²) in [5.74, 6) is 0.123. The quantitative estimate of drug-likeness (QED) is 0.817. The van der Waals surface area contributed by atoms with Crippen molar-refractivity contribution < 1.29 is 9.13 Å². The monoisotopic (exact) mass is 215 g/mol. The molecular weight excluding hydrogens is 205 g/mol. The van der Waals surface area contributed by atoms with Gasteiger partial charge in [-0.2, -0.15) is 0 Å². The van der Waals surface area contributed by atoms with Crippen molar-refractivity contribution in [1.29, 1.82) is 0 Å². The number of halogens is 2. The zero-order chi connectivity index (χ0) is 10.1. The first-order chi connectivity index (χ1) is 6.72. The van der Waals surface area contributed by atoms with E-state index in [9.17, 15) is 4.39 Å². The average molecular weight is 216 g/mol. The van der Waals surface area contributed by atoms with Gasteiger partial charge in [-0.25, -0.2) is 4.39 Å². The molecule has 0 bridgehead atoms. The van der Waals surface area contributed by atoms with Crippen molar-refractivity contribution >= 4 is 11.6 Å². The Morgan fingerprint density at radius 2 is 2.21 bits per heavy atom. The fourth-order valence-electron chi connectivity index (χ4n) is 1.53. The van der Waals surface area contributed by atoms with Gasteiger partial charge in [0.2, 0.25) is 0 Å². The van der Waals surface area contributed by atoms with Crippen molar-refractivity contribution in [3.05, 3.63) is 28.5 Å². The van der Waals surface area contributed by atoms with Gasteiger partial charge >= 0.3 is 0 Å². The van der Waals surface area contributed by atoms with Crippen LogP contribution in [0.2, 0.25) is 5.02 Å². The molecule has 2 rings (SSSR count). The van der Waals surface area contributed by atoms with Gasteiger partial charge in [0.25, 0.3) is 0 Å². The van der Waals surface area contributed by atoms with Crippen molar-refractivity contribution in [2.75, 3.05) is 20.2 Å². The fourth-order valence-corrected chi connectivity index (χ4v) is 1.83. The van der Waals surface area contributed by atoms with E-state index in [2.05, 4.69) is 5.32 Å². The molecule has 1 fully saturated rings. The predicted molar refractivity (Wildman–Crippen MR) is 53.6 cm³/mol. The van der Waals surface area contributed by atoms with E-state index in [4.69, 9.17) is 16.3 Å². The van der Waals surface area contributed by atoms with Gasteiger partial charge in [-0.15, -0.1) is 0 Å². The Balaban J connectivity index is 2.35. The van der Waals surface area contributed by atoms with E-state index in [1.807, 2.05) is 0 Å². The van der Waals surface area contributed by atoms with Gasteiger partial charge in [0, 0.05) is 19.0 Å². The maximum Gasteiger partial charge on any atom is 0.173 e. The summed E-state index contributed by atoms with van der Waals surface area (Å²) in [6.07, 6.45) is 0. The standard InChI is InChI=1S/C10H11ClFNO/c1-14-10-8(11)2-6(3-9(10)12)7-4-13-5-7/h2-3,7,13H,4-5H2,1H3. The molecule has 0 spiro atoms. The molecule has 4 heteroatoms. The summed E-state index contributed by atoms with van der Waals surface area (Å²) in [6, 6.07) is 3.27. The van der Waals surface area contributed by atoms with Gasteiger partial charge in [-0.05, 0) is 17.7 Å².